The quantitative estimate of drug-likeness (QED) is 0.742. The predicted octanol–water partition coefficient (Wildman–Crippen LogP) is 0.930. The molecule has 2 rings (SSSR count). The summed E-state index contributed by atoms with van der Waals surface area (Å²) >= 11 is 0. The van der Waals surface area contributed by atoms with Gasteiger partial charge in [-0.1, -0.05) is 0 Å². The van der Waals surface area contributed by atoms with E-state index in [4.69, 9.17) is 5.73 Å². The van der Waals surface area contributed by atoms with Crippen LogP contribution in [0.15, 0.2) is 24.5 Å². The second-order valence-electron chi connectivity index (χ2n) is 3.54. The lowest BCUT2D eigenvalue weighted by molar-refractivity contribution is 0.471. The van der Waals surface area contributed by atoms with Gasteiger partial charge in [-0.2, -0.15) is 0 Å². The fourth-order valence-electron chi connectivity index (χ4n) is 1.47. The fraction of sp³-hybridized carbons (Fsp3) is 0.300. The molecule has 0 bridgehead atoms. The first-order valence-electron chi connectivity index (χ1n) is 4.57. The van der Waals surface area contributed by atoms with Crippen LogP contribution >= 0.6 is 0 Å². The van der Waals surface area contributed by atoms with Crippen molar-refractivity contribution < 1.29 is 5.11 Å². The molecule has 0 aliphatic carbocycles. The third kappa shape index (κ3) is 1.56. The number of hydrogen-bond acceptors (Lipinski definition) is 3. The lowest BCUT2D eigenvalue weighted by Gasteiger charge is -2.04. The van der Waals surface area contributed by atoms with Gasteiger partial charge in [0.25, 0.3) is 0 Å². The molecule has 0 amide bonds. The smallest absolute Gasteiger partial charge is 0.132 e. The Kier molecular flexibility index (Phi) is 2.13. The van der Waals surface area contributed by atoms with E-state index in [1.54, 1.807) is 18.5 Å². The zero-order valence-electron chi connectivity index (χ0n) is 8.01. The van der Waals surface area contributed by atoms with E-state index in [9.17, 15) is 5.11 Å². The van der Waals surface area contributed by atoms with E-state index in [0.717, 1.165) is 11.3 Å². The minimum atomic E-state index is 0.0722. The summed E-state index contributed by atoms with van der Waals surface area (Å²) < 4.78 is 1.86. The number of aromatic nitrogens is 2. The van der Waals surface area contributed by atoms with Crippen molar-refractivity contribution >= 4 is 5.52 Å². The minimum absolute atomic E-state index is 0.0722. The van der Waals surface area contributed by atoms with Crippen molar-refractivity contribution in [1.82, 2.24) is 9.38 Å². The standard InChI is InChI=1S/C10H13N3O/c1-7(11)4-10-12-5-8-2-3-9(14)6-13(8)10/h2-3,5-7,14H,4,11H2,1H3. The molecule has 4 heteroatoms. The summed E-state index contributed by atoms with van der Waals surface area (Å²) in [6.07, 6.45) is 4.13. The molecule has 14 heavy (non-hydrogen) atoms. The number of aromatic hydroxyl groups is 1. The Balaban J connectivity index is 2.50. The second kappa shape index (κ2) is 3.31. The summed E-state index contributed by atoms with van der Waals surface area (Å²) in [5.74, 6) is 1.12. The topological polar surface area (TPSA) is 63.5 Å². The molecule has 0 fully saturated rings. The van der Waals surface area contributed by atoms with Crippen molar-refractivity contribution in [2.24, 2.45) is 5.73 Å². The molecule has 0 aliphatic rings. The number of nitrogens with zero attached hydrogens (tertiary/aromatic N) is 2. The molecule has 1 unspecified atom stereocenters. The summed E-state index contributed by atoms with van der Waals surface area (Å²) in [4.78, 5) is 4.25. The van der Waals surface area contributed by atoms with Crippen LogP contribution in [-0.2, 0) is 6.42 Å². The average Bonchev–Trinajstić information content (AvgIpc) is 2.47. The largest absolute Gasteiger partial charge is 0.506 e. The number of imidazole rings is 1. The van der Waals surface area contributed by atoms with Crippen LogP contribution in [0.4, 0.5) is 0 Å². The van der Waals surface area contributed by atoms with E-state index in [2.05, 4.69) is 4.98 Å². The van der Waals surface area contributed by atoms with Crippen molar-refractivity contribution in [2.45, 2.75) is 19.4 Å². The molecule has 0 aliphatic heterocycles. The predicted molar refractivity (Wildman–Crippen MR) is 54.2 cm³/mol. The zero-order valence-corrected chi connectivity index (χ0v) is 8.01. The van der Waals surface area contributed by atoms with Crippen LogP contribution in [0, 0.1) is 0 Å². The Bertz CT molecular complexity index is 448. The fourth-order valence-corrected chi connectivity index (χ4v) is 1.47. The number of nitrogens with two attached hydrogens (primary N) is 1. The van der Waals surface area contributed by atoms with E-state index in [1.807, 2.05) is 17.4 Å². The highest BCUT2D eigenvalue weighted by atomic mass is 16.3. The molecule has 3 N–H and O–H groups in total. The van der Waals surface area contributed by atoms with Crippen LogP contribution in [0.25, 0.3) is 5.52 Å². The van der Waals surface area contributed by atoms with Crippen LogP contribution in [-0.4, -0.2) is 20.5 Å². The molecular formula is C10H13N3O. The molecule has 0 aromatic carbocycles. The molecule has 2 aromatic heterocycles. The molecule has 2 aromatic rings. The maximum Gasteiger partial charge on any atom is 0.132 e. The maximum atomic E-state index is 9.33. The van der Waals surface area contributed by atoms with E-state index in [1.165, 1.54) is 0 Å². The van der Waals surface area contributed by atoms with Crippen molar-refractivity contribution in [3.8, 4) is 5.75 Å². The number of hydrogen-bond donors (Lipinski definition) is 2. The maximum absolute atomic E-state index is 9.33. The Morgan fingerprint density at radius 1 is 1.57 bits per heavy atom. The van der Waals surface area contributed by atoms with Gasteiger partial charge in [-0.3, -0.25) is 4.40 Å². The highest BCUT2D eigenvalue weighted by Gasteiger charge is 2.05. The van der Waals surface area contributed by atoms with Gasteiger partial charge in [0.1, 0.15) is 11.6 Å². The lowest BCUT2D eigenvalue weighted by Crippen LogP contribution is -2.19. The van der Waals surface area contributed by atoms with Gasteiger partial charge in [0.05, 0.1) is 17.9 Å². The Morgan fingerprint density at radius 2 is 2.36 bits per heavy atom. The summed E-state index contributed by atoms with van der Waals surface area (Å²) in [5, 5.41) is 9.33. The van der Waals surface area contributed by atoms with Crippen molar-refractivity contribution in [2.75, 3.05) is 0 Å². The molecule has 0 radical (unpaired) electrons. The molecule has 74 valence electrons. The van der Waals surface area contributed by atoms with Gasteiger partial charge >= 0.3 is 0 Å². The van der Waals surface area contributed by atoms with Crippen LogP contribution in [0.2, 0.25) is 0 Å². The number of pyridine rings is 1. The molecule has 0 spiro atoms. The Labute approximate surface area is 82.0 Å². The summed E-state index contributed by atoms with van der Waals surface area (Å²) in [6, 6.07) is 3.54. The normalized spacial score (nSPS) is 13.3. The van der Waals surface area contributed by atoms with Crippen LogP contribution in [0.1, 0.15) is 12.7 Å². The van der Waals surface area contributed by atoms with Gasteiger partial charge in [0.15, 0.2) is 0 Å². The van der Waals surface area contributed by atoms with Crippen molar-refractivity contribution in [1.29, 1.82) is 0 Å². The van der Waals surface area contributed by atoms with Gasteiger partial charge in [0, 0.05) is 12.5 Å². The van der Waals surface area contributed by atoms with Gasteiger partial charge in [-0.15, -0.1) is 0 Å². The third-order valence-corrected chi connectivity index (χ3v) is 2.09. The van der Waals surface area contributed by atoms with Crippen molar-refractivity contribution in [3.05, 3.63) is 30.4 Å². The average molecular weight is 191 g/mol. The third-order valence-electron chi connectivity index (χ3n) is 2.09. The molecule has 0 saturated carbocycles. The van der Waals surface area contributed by atoms with E-state index in [-0.39, 0.29) is 11.8 Å². The molecule has 0 saturated heterocycles. The van der Waals surface area contributed by atoms with E-state index >= 15 is 0 Å². The number of fused-ring (bicyclic) bond motifs is 1. The lowest BCUT2D eigenvalue weighted by atomic mass is 10.2. The highest BCUT2D eigenvalue weighted by Crippen LogP contribution is 2.14. The van der Waals surface area contributed by atoms with E-state index in [0.29, 0.717) is 6.42 Å². The van der Waals surface area contributed by atoms with Crippen LogP contribution in [0.3, 0.4) is 0 Å². The van der Waals surface area contributed by atoms with Gasteiger partial charge < -0.3 is 10.8 Å². The van der Waals surface area contributed by atoms with Gasteiger partial charge in [-0.05, 0) is 19.1 Å². The second-order valence-corrected chi connectivity index (χ2v) is 3.54. The monoisotopic (exact) mass is 191 g/mol. The molecule has 1 atom stereocenters. The first-order valence-corrected chi connectivity index (χ1v) is 4.57. The van der Waals surface area contributed by atoms with Gasteiger partial charge in [0.2, 0.25) is 0 Å². The minimum Gasteiger partial charge on any atom is -0.506 e. The van der Waals surface area contributed by atoms with Crippen LogP contribution in [0.5, 0.6) is 5.75 Å². The SMILES string of the molecule is CC(N)Cc1ncc2ccc(O)cn12. The Hall–Kier alpha value is -1.55. The van der Waals surface area contributed by atoms with Gasteiger partial charge in [-0.25, -0.2) is 4.98 Å². The number of rotatable bonds is 2. The van der Waals surface area contributed by atoms with Crippen LogP contribution < -0.4 is 5.73 Å². The summed E-state index contributed by atoms with van der Waals surface area (Å²) in [7, 11) is 0. The van der Waals surface area contributed by atoms with Crippen molar-refractivity contribution in [3.63, 3.8) is 0 Å². The zero-order chi connectivity index (χ0) is 10.1. The highest BCUT2D eigenvalue weighted by molar-refractivity contribution is 5.48. The molecular weight excluding hydrogens is 178 g/mol. The molecule has 4 nitrogen and oxygen atoms in total. The van der Waals surface area contributed by atoms with E-state index < -0.39 is 0 Å². The molecule has 2 heterocycles. The summed E-state index contributed by atoms with van der Waals surface area (Å²) in [6.45, 7) is 1.93. The first-order chi connectivity index (χ1) is 6.66. The summed E-state index contributed by atoms with van der Waals surface area (Å²) in [5.41, 5.74) is 6.67. The Morgan fingerprint density at radius 3 is 3.07 bits per heavy atom. The first kappa shape index (κ1) is 9.02.